The number of hydrogen-bond donors (Lipinski definition) is 5. The molecule has 1 saturated heterocycles. The number of nitrogens with zero attached hydrogens (tertiary/aromatic N) is 5. The fraction of sp³-hybridized carbons (Fsp3) is 0.300. The molecule has 5 rings (SSSR count). The number of anilines is 1. The Labute approximate surface area is 176 Å². The first-order chi connectivity index (χ1) is 15.0. The number of aliphatic hydroxyl groups excluding tert-OH is 3. The molecule has 6 N–H and O–H groups in total. The van der Waals surface area contributed by atoms with Gasteiger partial charge in [0.2, 0.25) is 0 Å². The van der Waals surface area contributed by atoms with E-state index >= 15 is 0 Å². The van der Waals surface area contributed by atoms with E-state index in [0.29, 0.717) is 22.7 Å². The Balaban J connectivity index is 1.61. The van der Waals surface area contributed by atoms with E-state index < -0.39 is 31.1 Å². The molecule has 3 aromatic heterocycles. The zero-order valence-electron chi connectivity index (χ0n) is 16.5. The molecule has 0 unspecified atom stereocenters. The van der Waals surface area contributed by atoms with Gasteiger partial charge in [-0.25, -0.2) is 15.0 Å². The van der Waals surface area contributed by atoms with Gasteiger partial charge in [0, 0.05) is 5.56 Å². The van der Waals surface area contributed by atoms with Crippen molar-refractivity contribution in [3.63, 3.8) is 0 Å². The molecule has 11 nitrogen and oxygen atoms in total. The number of nitrogens with two attached hydrogens (primary N) is 1. The molecular formula is C20H21N7O4. The zero-order valence-corrected chi connectivity index (χ0v) is 16.5. The standard InChI is InChI=1S/C20H21N7O4/c1-9-2-4-10(5-3-9)11-6-23-26-13(11)18-24-17(21)14-19(25-18)27(8-22-14)20-16(30)15(29)12(7-28)31-20/h2-6,8,12,15-16,20,28-30H,7H2,1H3,(H,23,26)(H2,21,24,25)/t12-,15+,16+,20-/m1/s1. The molecule has 0 bridgehead atoms. The fourth-order valence-corrected chi connectivity index (χ4v) is 3.75. The van der Waals surface area contributed by atoms with Crippen LogP contribution in [0.4, 0.5) is 5.82 Å². The first-order valence-corrected chi connectivity index (χ1v) is 9.71. The number of ether oxygens (including phenoxy) is 1. The number of fused-ring (bicyclic) bond motifs is 1. The summed E-state index contributed by atoms with van der Waals surface area (Å²) in [6.45, 7) is 1.58. The predicted molar refractivity (Wildman–Crippen MR) is 110 cm³/mol. The number of aliphatic hydroxyl groups is 3. The van der Waals surface area contributed by atoms with Gasteiger partial charge in [-0.1, -0.05) is 29.8 Å². The first kappa shape index (κ1) is 19.6. The lowest BCUT2D eigenvalue weighted by atomic mass is 10.0. The van der Waals surface area contributed by atoms with E-state index in [0.717, 1.165) is 16.7 Å². The second-order valence-electron chi connectivity index (χ2n) is 7.51. The monoisotopic (exact) mass is 423 g/mol. The molecule has 1 aliphatic heterocycles. The van der Waals surface area contributed by atoms with Crippen molar-refractivity contribution in [2.24, 2.45) is 0 Å². The second-order valence-corrected chi connectivity index (χ2v) is 7.51. The molecule has 1 aromatic carbocycles. The third-order valence-electron chi connectivity index (χ3n) is 5.47. The lowest BCUT2D eigenvalue weighted by Gasteiger charge is -2.16. The number of H-pyrrole nitrogens is 1. The molecule has 0 amide bonds. The van der Waals surface area contributed by atoms with E-state index in [1.807, 2.05) is 31.2 Å². The Morgan fingerprint density at radius 1 is 1.16 bits per heavy atom. The lowest BCUT2D eigenvalue weighted by molar-refractivity contribution is -0.0511. The van der Waals surface area contributed by atoms with Crippen molar-refractivity contribution in [1.29, 1.82) is 0 Å². The third kappa shape index (κ3) is 3.15. The molecule has 11 heteroatoms. The van der Waals surface area contributed by atoms with Gasteiger partial charge in [0.15, 0.2) is 23.5 Å². The number of hydrogen-bond acceptors (Lipinski definition) is 9. The summed E-state index contributed by atoms with van der Waals surface area (Å²) in [7, 11) is 0. The summed E-state index contributed by atoms with van der Waals surface area (Å²) in [5.41, 5.74) is 10.3. The van der Waals surface area contributed by atoms with Gasteiger partial charge in [-0.2, -0.15) is 5.10 Å². The molecule has 0 spiro atoms. The van der Waals surface area contributed by atoms with Gasteiger partial charge in [-0.3, -0.25) is 9.67 Å². The van der Waals surface area contributed by atoms with Gasteiger partial charge in [0.05, 0.1) is 19.1 Å². The van der Waals surface area contributed by atoms with Crippen LogP contribution in [0.25, 0.3) is 33.8 Å². The van der Waals surface area contributed by atoms with Gasteiger partial charge in [-0.05, 0) is 12.5 Å². The SMILES string of the molecule is Cc1ccc(-c2cn[nH]c2-c2nc(N)c3ncn([C@@H]4O[C@H](CO)[C@H](O)[C@@H]4O)c3n2)cc1. The average Bonchev–Trinajstić information content (AvgIpc) is 3.47. The minimum atomic E-state index is -1.27. The molecule has 0 saturated carbocycles. The lowest BCUT2D eigenvalue weighted by Crippen LogP contribution is -2.33. The normalized spacial score (nSPS) is 23.6. The summed E-state index contributed by atoms with van der Waals surface area (Å²) in [5.74, 6) is 0.446. The number of nitrogen functional groups attached to an aromatic ring is 1. The summed E-state index contributed by atoms with van der Waals surface area (Å²) < 4.78 is 7.09. The number of aromatic nitrogens is 6. The van der Waals surface area contributed by atoms with Crippen molar-refractivity contribution in [2.75, 3.05) is 12.3 Å². The van der Waals surface area contributed by atoms with Gasteiger partial charge in [0.25, 0.3) is 0 Å². The Bertz CT molecular complexity index is 1240. The van der Waals surface area contributed by atoms with E-state index in [2.05, 4.69) is 25.1 Å². The highest BCUT2D eigenvalue weighted by molar-refractivity contribution is 5.86. The van der Waals surface area contributed by atoms with Crippen LogP contribution in [0.15, 0.2) is 36.8 Å². The van der Waals surface area contributed by atoms with Crippen LogP contribution in [-0.2, 0) is 4.74 Å². The zero-order chi connectivity index (χ0) is 21.7. The maximum atomic E-state index is 10.4. The maximum absolute atomic E-state index is 10.4. The summed E-state index contributed by atoms with van der Waals surface area (Å²) in [4.78, 5) is 13.2. The van der Waals surface area contributed by atoms with Crippen molar-refractivity contribution in [1.82, 2.24) is 29.7 Å². The van der Waals surface area contributed by atoms with E-state index in [-0.39, 0.29) is 5.82 Å². The highest BCUT2D eigenvalue weighted by atomic mass is 16.6. The molecule has 4 aromatic rings. The van der Waals surface area contributed by atoms with Crippen LogP contribution < -0.4 is 5.73 Å². The van der Waals surface area contributed by atoms with Gasteiger partial charge >= 0.3 is 0 Å². The van der Waals surface area contributed by atoms with Crippen LogP contribution in [0.3, 0.4) is 0 Å². The number of benzene rings is 1. The highest BCUT2D eigenvalue weighted by Gasteiger charge is 2.44. The van der Waals surface area contributed by atoms with Crippen LogP contribution in [0.2, 0.25) is 0 Å². The van der Waals surface area contributed by atoms with Crippen molar-refractivity contribution < 1.29 is 20.1 Å². The molecule has 160 valence electrons. The molecule has 4 atom stereocenters. The summed E-state index contributed by atoms with van der Waals surface area (Å²) in [5, 5.41) is 36.9. The molecule has 1 fully saturated rings. The minimum absolute atomic E-state index is 0.148. The van der Waals surface area contributed by atoms with Crippen LogP contribution >= 0.6 is 0 Å². The van der Waals surface area contributed by atoms with Crippen molar-refractivity contribution in [3.05, 3.63) is 42.4 Å². The topological polar surface area (TPSA) is 168 Å². The van der Waals surface area contributed by atoms with Crippen LogP contribution in [0.1, 0.15) is 11.8 Å². The Hall–Kier alpha value is -3.38. The van der Waals surface area contributed by atoms with E-state index in [1.165, 1.54) is 10.9 Å². The minimum Gasteiger partial charge on any atom is -0.394 e. The summed E-state index contributed by atoms with van der Waals surface area (Å²) in [6.07, 6.45) is -1.33. The van der Waals surface area contributed by atoms with Gasteiger partial charge in [0.1, 0.15) is 29.5 Å². The maximum Gasteiger partial charge on any atom is 0.182 e. The molecule has 31 heavy (non-hydrogen) atoms. The van der Waals surface area contributed by atoms with Gasteiger partial charge in [-0.15, -0.1) is 0 Å². The van der Waals surface area contributed by atoms with Crippen molar-refractivity contribution >= 4 is 17.0 Å². The Morgan fingerprint density at radius 3 is 2.65 bits per heavy atom. The number of aromatic amines is 1. The number of nitrogens with one attached hydrogen (secondary N) is 1. The second kappa shape index (κ2) is 7.39. The number of imidazole rings is 1. The van der Waals surface area contributed by atoms with E-state index in [4.69, 9.17) is 10.5 Å². The quantitative estimate of drug-likeness (QED) is 0.312. The number of rotatable bonds is 4. The summed E-state index contributed by atoms with van der Waals surface area (Å²) in [6, 6.07) is 7.96. The predicted octanol–water partition coefficient (Wildman–Crippen LogP) is 0.386. The number of aryl methyl sites for hydroxylation is 1. The Kier molecular flexibility index (Phi) is 4.67. The third-order valence-corrected chi connectivity index (χ3v) is 5.47. The first-order valence-electron chi connectivity index (χ1n) is 9.71. The van der Waals surface area contributed by atoms with E-state index in [1.54, 1.807) is 6.20 Å². The van der Waals surface area contributed by atoms with Gasteiger partial charge < -0.3 is 25.8 Å². The largest absolute Gasteiger partial charge is 0.394 e. The highest BCUT2D eigenvalue weighted by Crippen LogP contribution is 2.34. The smallest absolute Gasteiger partial charge is 0.182 e. The molecule has 4 heterocycles. The summed E-state index contributed by atoms with van der Waals surface area (Å²) >= 11 is 0. The molecule has 0 radical (unpaired) electrons. The molecule has 1 aliphatic rings. The fourth-order valence-electron chi connectivity index (χ4n) is 3.75. The van der Waals surface area contributed by atoms with Crippen LogP contribution in [0.5, 0.6) is 0 Å². The average molecular weight is 423 g/mol. The van der Waals surface area contributed by atoms with Crippen molar-refractivity contribution in [2.45, 2.75) is 31.5 Å². The molecule has 0 aliphatic carbocycles. The van der Waals surface area contributed by atoms with Crippen molar-refractivity contribution in [3.8, 4) is 22.6 Å². The Morgan fingerprint density at radius 2 is 1.94 bits per heavy atom. The molecular weight excluding hydrogens is 402 g/mol. The van der Waals surface area contributed by atoms with Crippen LogP contribution in [0, 0.1) is 6.92 Å². The van der Waals surface area contributed by atoms with Crippen LogP contribution in [-0.4, -0.2) is 70.0 Å². The van der Waals surface area contributed by atoms with E-state index in [9.17, 15) is 15.3 Å².